The molecule has 1 amide bonds. The van der Waals surface area contributed by atoms with Crippen LogP contribution in [0.3, 0.4) is 0 Å². The van der Waals surface area contributed by atoms with E-state index >= 15 is 0 Å². The van der Waals surface area contributed by atoms with Gasteiger partial charge in [0, 0.05) is 23.4 Å². The Balaban J connectivity index is 2.07. The molecule has 0 saturated heterocycles. The van der Waals surface area contributed by atoms with Crippen LogP contribution in [0.15, 0.2) is 16.9 Å². The standard InChI is InChI=1S/C15H22N2O3/c1-3-11-5-10(8-14(19)16-11)15(20)17-13(4-2)9-6-12(18)7-9/h5,8-9,12-13,18H,3-4,6-7H2,1-2H3,(H,16,19)(H,17,20). The van der Waals surface area contributed by atoms with Crippen LogP contribution >= 0.6 is 0 Å². The van der Waals surface area contributed by atoms with Crippen molar-refractivity contribution < 1.29 is 9.90 Å². The molecule has 1 fully saturated rings. The van der Waals surface area contributed by atoms with Crippen molar-refractivity contribution in [3.05, 3.63) is 33.7 Å². The second-order valence-corrected chi connectivity index (χ2v) is 5.49. The van der Waals surface area contributed by atoms with E-state index in [0.717, 1.165) is 25.0 Å². The molecule has 1 saturated carbocycles. The molecule has 0 aromatic carbocycles. The summed E-state index contributed by atoms with van der Waals surface area (Å²) < 4.78 is 0. The summed E-state index contributed by atoms with van der Waals surface area (Å²) in [6, 6.07) is 3.12. The fourth-order valence-electron chi connectivity index (χ4n) is 2.69. The molecule has 20 heavy (non-hydrogen) atoms. The fourth-order valence-corrected chi connectivity index (χ4v) is 2.69. The lowest BCUT2D eigenvalue weighted by Gasteiger charge is -2.37. The minimum atomic E-state index is -0.249. The van der Waals surface area contributed by atoms with Crippen LogP contribution in [0, 0.1) is 5.92 Å². The topological polar surface area (TPSA) is 82.2 Å². The van der Waals surface area contributed by atoms with Crippen molar-refractivity contribution in [2.75, 3.05) is 0 Å². The van der Waals surface area contributed by atoms with Gasteiger partial charge in [-0.25, -0.2) is 0 Å². The van der Waals surface area contributed by atoms with Gasteiger partial charge in [0.25, 0.3) is 5.91 Å². The highest BCUT2D eigenvalue weighted by Gasteiger charge is 2.33. The Labute approximate surface area is 118 Å². The number of hydrogen-bond donors (Lipinski definition) is 3. The zero-order valence-corrected chi connectivity index (χ0v) is 12.0. The zero-order chi connectivity index (χ0) is 14.7. The first kappa shape index (κ1) is 14.8. The number of aromatic nitrogens is 1. The highest BCUT2D eigenvalue weighted by molar-refractivity contribution is 5.94. The van der Waals surface area contributed by atoms with E-state index in [-0.39, 0.29) is 23.6 Å². The highest BCUT2D eigenvalue weighted by atomic mass is 16.3. The maximum absolute atomic E-state index is 12.2. The molecule has 0 aliphatic heterocycles. The lowest BCUT2D eigenvalue weighted by Crippen LogP contribution is -2.46. The number of H-pyrrole nitrogens is 1. The van der Waals surface area contributed by atoms with E-state index in [1.165, 1.54) is 6.07 Å². The molecule has 1 atom stereocenters. The predicted molar refractivity (Wildman–Crippen MR) is 76.7 cm³/mol. The molecular formula is C15H22N2O3. The summed E-state index contributed by atoms with van der Waals surface area (Å²) in [4.78, 5) is 26.4. The van der Waals surface area contributed by atoms with E-state index in [1.807, 2.05) is 13.8 Å². The lowest BCUT2D eigenvalue weighted by molar-refractivity contribution is 0.0232. The molecule has 5 heteroatoms. The predicted octanol–water partition coefficient (Wildman–Crippen LogP) is 1.22. The lowest BCUT2D eigenvalue weighted by atomic mass is 9.76. The average Bonchev–Trinajstić information content (AvgIpc) is 2.40. The number of aliphatic hydroxyl groups is 1. The summed E-state index contributed by atoms with van der Waals surface area (Å²) in [6.45, 7) is 3.95. The van der Waals surface area contributed by atoms with Gasteiger partial charge in [0.2, 0.25) is 5.56 Å². The Hall–Kier alpha value is -1.62. The summed E-state index contributed by atoms with van der Waals surface area (Å²) in [5.41, 5.74) is 0.917. The van der Waals surface area contributed by atoms with E-state index in [1.54, 1.807) is 6.07 Å². The van der Waals surface area contributed by atoms with Crippen LogP contribution in [0.5, 0.6) is 0 Å². The summed E-state index contributed by atoms with van der Waals surface area (Å²) in [6.07, 6.45) is 2.77. The van der Waals surface area contributed by atoms with Gasteiger partial charge in [0.05, 0.1) is 6.10 Å². The average molecular weight is 278 g/mol. The van der Waals surface area contributed by atoms with Gasteiger partial charge in [-0.2, -0.15) is 0 Å². The van der Waals surface area contributed by atoms with E-state index in [4.69, 9.17) is 0 Å². The van der Waals surface area contributed by atoms with Crippen molar-refractivity contribution in [2.45, 2.75) is 51.7 Å². The quantitative estimate of drug-likeness (QED) is 0.757. The van der Waals surface area contributed by atoms with E-state index in [2.05, 4.69) is 10.3 Å². The fraction of sp³-hybridized carbons (Fsp3) is 0.600. The first-order valence-electron chi connectivity index (χ1n) is 7.25. The second kappa shape index (κ2) is 6.22. The number of aryl methyl sites for hydroxylation is 1. The van der Waals surface area contributed by atoms with Crippen molar-refractivity contribution in [1.82, 2.24) is 10.3 Å². The molecule has 1 aliphatic rings. The molecule has 1 aliphatic carbocycles. The van der Waals surface area contributed by atoms with Crippen LogP contribution < -0.4 is 10.9 Å². The van der Waals surface area contributed by atoms with Gasteiger partial charge in [-0.15, -0.1) is 0 Å². The Morgan fingerprint density at radius 3 is 2.70 bits per heavy atom. The van der Waals surface area contributed by atoms with Crippen molar-refractivity contribution in [2.24, 2.45) is 5.92 Å². The van der Waals surface area contributed by atoms with Crippen LogP contribution in [-0.4, -0.2) is 28.1 Å². The second-order valence-electron chi connectivity index (χ2n) is 5.49. The van der Waals surface area contributed by atoms with Gasteiger partial charge in [-0.05, 0) is 37.7 Å². The molecule has 2 rings (SSSR count). The third kappa shape index (κ3) is 3.28. The van der Waals surface area contributed by atoms with Crippen LogP contribution in [0.4, 0.5) is 0 Å². The molecule has 0 spiro atoms. The third-order valence-corrected chi connectivity index (χ3v) is 4.02. The number of rotatable bonds is 5. The molecular weight excluding hydrogens is 256 g/mol. The first-order chi connectivity index (χ1) is 9.53. The molecule has 3 N–H and O–H groups in total. The molecule has 1 unspecified atom stereocenters. The summed E-state index contributed by atoms with van der Waals surface area (Å²) >= 11 is 0. The molecule has 110 valence electrons. The molecule has 1 aromatic heterocycles. The van der Waals surface area contributed by atoms with Gasteiger partial charge in [0.1, 0.15) is 0 Å². The number of hydrogen-bond acceptors (Lipinski definition) is 3. The van der Waals surface area contributed by atoms with Crippen molar-refractivity contribution in [3.63, 3.8) is 0 Å². The zero-order valence-electron chi connectivity index (χ0n) is 12.0. The van der Waals surface area contributed by atoms with E-state index < -0.39 is 0 Å². The summed E-state index contributed by atoms with van der Waals surface area (Å²) in [5.74, 6) is 0.130. The monoisotopic (exact) mass is 278 g/mol. The number of amides is 1. The third-order valence-electron chi connectivity index (χ3n) is 4.02. The number of aliphatic hydroxyl groups excluding tert-OH is 1. The van der Waals surface area contributed by atoms with Gasteiger partial charge < -0.3 is 15.4 Å². The van der Waals surface area contributed by atoms with Gasteiger partial charge in [-0.3, -0.25) is 9.59 Å². The minimum absolute atomic E-state index is 0.0651. The Kier molecular flexibility index (Phi) is 4.60. The number of aromatic amines is 1. The van der Waals surface area contributed by atoms with Gasteiger partial charge in [0.15, 0.2) is 0 Å². The van der Waals surface area contributed by atoms with Gasteiger partial charge in [-0.1, -0.05) is 13.8 Å². The van der Waals surface area contributed by atoms with Crippen molar-refractivity contribution in [3.8, 4) is 0 Å². The van der Waals surface area contributed by atoms with Crippen molar-refractivity contribution in [1.29, 1.82) is 0 Å². The van der Waals surface area contributed by atoms with Crippen LogP contribution in [0.1, 0.15) is 49.2 Å². The number of pyridine rings is 1. The molecule has 1 heterocycles. The molecule has 5 nitrogen and oxygen atoms in total. The number of carbonyl (C=O) groups is 1. The Bertz CT molecular complexity index is 532. The SMILES string of the molecule is CCc1cc(C(=O)NC(CC)C2CC(O)C2)cc(=O)[nH]1. The molecule has 0 radical (unpaired) electrons. The normalized spacial score (nSPS) is 22.9. The minimum Gasteiger partial charge on any atom is -0.393 e. The van der Waals surface area contributed by atoms with Crippen molar-refractivity contribution >= 4 is 5.91 Å². The molecule has 0 bridgehead atoms. The number of carbonyl (C=O) groups excluding carboxylic acids is 1. The molecule has 1 aromatic rings. The summed E-state index contributed by atoms with van der Waals surface area (Å²) in [7, 11) is 0. The first-order valence-corrected chi connectivity index (χ1v) is 7.25. The van der Waals surface area contributed by atoms with Gasteiger partial charge >= 0.3 is 0 Å². The Morgan fingerprint density at radius 2 is 2.15 bits per heavy atom. The largest absolute Gasteiger partial charge is 0.393 e. The van der Waals surface area contributed by atoms with E-state index in [9.17, 15) is 14.7 Å². The summed E-state index contributed by atoms with van der Waals surface area (Å²) in [5, 5.41) is 12.3. The van der Waals surface area contributed by atoms with E-state index in [0.29, 0.717) is 17.9 Å². The smallest absolute Gasteiger partial charge is 0.251 e. The highest BCUT2D eigenvalue weighted by Crippen LogP contribution is 2.31. The maximum atomic E-state index is 12.2. The Morgan fingerprint density at radius 1 is 1.45 bits per heavy atom. The van der Waals surface area contributed by atoms with Crippen LogP contribution in [0.2, 0.25) is 0 Å². The van der Waals surface area contributed by atoms with Crippen LogP contribution in [-0.2, 0) is 6.42 Å². The van der Waals surface area contributed by atoms with Crippen LogP contribution in [0.25, 0.3) is 0 Å². The maximum Gasteiger partial charge on any atom is 0.251 e. The number of nitrogens with one attached hydrogen (secondary N) is 2.